The Kier molecular flexibility index (Phi) is 5.20. The van der Waals surface area contributed by atoms with Gasteiger partial charge in [-0.15, -0.1) is 0 Å². The number of ether oxygens (including phenoxy) is 1. The minimum atomic E-state index is -0.183. The van der Waals surface area contributed by atoms with Crippen LogP contribution in [0, 0.1) is 11.7 Å². The van der Waals surface area contributed by atoms with E-state index in [1.165, 1.54) is 31.7 Å². The molecule has 1 unspecified atom stereocenters. The predicted molar refractivity (Wildman–Crippen MR) is 75.9 cm³/mol. The molecule has 106 valence electrons. The lowest BCUT2D eigenvalue weighted by Gasteiger charge is -2.19. The number of hydrogen-bond acceptors (Lipinski definition) is 2. The van der Waals surface area contributed by atoms with Crippen LogP contribution >= 0.6 is 0 Å². The van der Waals surface area contributed by atoms with Crippen molar-refractivity contribution in [2.24, 2.45) is 5.92 Å². The smallest absolute Gasteiger partial charge is 0.131 e. The van der Waals surface area contributed by atoms with Gasteiger partial charge in [-0.2, -0.15) is 0 Å². The van der Waals surface area contributed by atoms with Crippen LogP contribution in [0.25, 0.3) is 0 Å². The van der Waals surface area contributed by atoms with Crippen molar-refractivity contribution in [2.45, 2.75) is 45.6 Å². The second-order valence-corrected chi connectivity index (χ2v) is 5.39. The van der Waals surface area contributed by atoms with Crippen molar-refractivity contribution in [2.75, 3.05) is 13.2 Å². The number of benzene rings is 1. The lowest BCUT2D eigenvalue weighted by atomic mass is 10.1. The van der Waals surface area contributed by atoms with Crippen molar-refractivity contribution in [1.82, 2.24) is 5.32 Å². The number of rotatable bonds is 6. The molecule has 1 N–H and O–H groups in total. The van der Waals surface area contributed by atoms with E-state index >= 15 is 0 Å². The molecule has 1 fully saturated rings. The third-order valence-corrected chi connectivity index (χ3v) is 3.91. The highest BCUT2D eigenvalue weighted by Gasteiger charge is 2.19. The summed E-state index contributed by atoms with van der Waals surface area (Å²) < 4.78 is 19.9. The third-order valence-electron chi connectivity index (χ3n) is 3.91. The minimum absolute atomic E-state index is 0.0234. The van der Waals surface area contributed by atoms with Crippen LogP contribution in [0.5, 0.6) is 5.75 Å². The first-order valence-electron chi connectivity index (χ1n) is 7.37. The lowest BCUT2D eigenvalue weighted by Crippen LogP contribution is -2.20. The van der Waals surface area contributed by atoms with Crippen molar-refractivity contribution in [3.8, 4) is 5.75 Å². The molecule has 1 atom stereocenters. The zero-order valence-corrected chi connectivity index (χ0v) is 11.9. The summed E-state index contributed by atoms with van der Waals surface area (Å²) in [6.07, 6.45) is 5.09. The van der Waals surface area contributed by atoms with Gasteiger partial charge in [0, 0.05) is 11.6 Å². The number of halogens is 1. The van der Waals surface area contributed by atoms with E-state index in [4.69, 9.17) is 4.74 Å². The minimum Gasteiger partial charge on any atom is -0.493 e. The van der Waals surface area contributed by atoms with Crippen LogP contribution in [0.3, 0.4) is 0 Å². The van der Waals surface area contributed by atoms with Gasteiger partial charge in [-0.05, 0) is 44.4 Å². The van der Waals surface area contributed by atoms with Crippen LogP contribution in [0.1, 0.15) is 51.1 Å². The van der Waals surface area contributed by atoms with Crippen LogP contribution in [0.15, 0.2) is 18.2 Å². The van der Waals surface area contributed by atoms with Crippen molar-refractivity contribution in [3.05, 3.63) is 29.6 Å². The highest BCUT2D eigenvalue weighted by molar-refractivity contribution is 5.37. The maximum absolute atomic E-state index is 14.0. The molecule has 1 aliphatic carbocycles. The molecule has 0 heterocycles. The lowest BCUT2D eigenvalue weighted by molar-refractivity contribution is 0.246. The fourth-order valence-corrected chi connectivity index (χ4v) is 2.86. The first-order chi connectivity index (χ1) is 9.22. The standard InChI is InChI=1S/C16H24FNO/c1-3-18-12(2)16-14(17)9-6-10-15(16)19-11-13-7-4-5-8-13/h6,9-10,12-13,18H,3-5,7-8,11H2,1-2H3. The highest BCUT2D eigenvalue weighted by Crippen LogP contribution is 2.30. The monoisotopic (exact) mass is 265 g/mol. The maximum atomic E-state index is 14.0. The van der Waals surface area contributed by atoms with Gasteiger partial charge >= 0.3 is 0 Å². The van der Waals surface area contributed by atoms with Crippen LogP contribution < -0.4 is 10.1 Å². The third kappa shape index (κ3) is 3.69. The molecule has 0 radical (unpaired) electrons. The second kappa shape index (κ2) is 6.90. The van der Waals surface area contributed by atoms with Crippen molar-refractivity contribution in [3.63, 3.8) is 0 Å². The molecule has 0 aromatic heterocycles. The number of hydrogen-bond donors (Lipinski definition) is 1. The highest BCUT2D eigenvalue weighted by atomic mass is 19.1. The van der Waals surface area contributed by atoms with E-state index in [0.717, 1.165) is 13.2 Å². The van der Waals surface area contributed by atoms with E-state index < -0.39 is 0 Å². The van der Waals surface area contributed by atoms with Crippen molar-refractivity contribution >= 4 is 0 Å². The summed E-state index contributed by atoms with van der Waals surface area (Å²) in [6, 6.07) is 5.08. The Hall–Kier alpha value is -1.09. The van der Waals surface area contributed by atoms with Crippen LogP contribution in [-0.2, 0) is 0 Å². The Balaban J connectivity index is 2.07. The molecular weight excluding hydrogens is 241 g/mol. The van der Waals surface area contributed by atoms with Crippen molar-refractivity contribution < 1.29 is 9.13 Å². The van der Waals surface area contributed by atoms with Gasteiger partial charge in [0.05, 0.1) is 6.61 Å². The van der Waals surface area contributed by atoms with E-state index in [-0.39, 0.29) is 11.9 Å². The average Bonchev–Trinajstić information content (AvgIpc) is 2.89. The molecule has 0 saturated heterocycles. The summed E-state index contributed by atoms with van der Waals surface area (Å²) in [7, 11) is 0. The molecule has 2 nitrogen and oxygen atoms in total. The van der Waals surface area contributed by atoms with Gasteiger partial charge in [0.2, 0.25) is 0 Å². The largest absolute Gasteiger partial charge is 0.493 e. The fourth-order valence-electron chi connectivity index (χ4n) is 2.86. The summed E-state index contributed by atoms with van der Waals surface area (Å²) in [4.78, 5) is 0. The molecule has 0 aliphatic heterocycles. The molecule has 0 bridgehead atoms. The first kappa shape index (κ1) is 14.3. The van der Waals surface area contributed by atoms with Gasteiger partial charge in [-0.3, -0.25) is 0 Å². The Bertz CT molecular complexity index is 402. The molecule has 1 aliphatic rings. The number of nitrogens with one attached hydrogen (secondary N) is 1. The Morgan fingerprint density at radius 3 is 2.79 bits per heavy atom. The van der Waals surface area contributed by atoms with Crippen LogP contribution in [0.2, 0.25) is 0 Å². The van der Waals surface area contributed by atoms with Gasteiger partial charge in [0.15, 0.2) is 0 Å². The second-order valence-electron chi connectivity index (χ2n) is 5.39. The summed E-state index contributed by atoms with van der Waals surface area (Å²) in [6.45, 7) is 5.54. The molecule has 1 aromatic rings. The van der Waals surface area contributed by atoms with Crippen LogP contribution in [0.4, 0.5) is 4.39 Å². The molecule has 2 rings (SSSR count). The topological polar surface area (TPSA) is 21.3 Å². The molecule has 0 amide bonds. The van der Waals surface area contributed by atoms with Gasteiger partial charge < -0.3 is 10.1 Å². The van der Waals surface area contributed by atoms with E-state index in [9.17, 15) is 4.39 Å². The average molecular weight is 265 g/mol. The van der Waals surface area contributed by atoms with Gasteiger partial charge in [0.1, 0.15) is 11.6 Å². The fraction of sp³-hybridized carbons (Fsp3) is 0.625. The van der Waals surface area contributed by atoms with Gasteiger partial charge in [-0.25, -0.2) is 4.39 Å². The van der Waals surface area contributed by atoms with Gasteiger partial charge in [0.25, 0.3) is 0 Å². The van der Waals surface area contributed by atoms with E-state index in [1.54, 1.807) is 6.07 Å². The Labute approximate surface area is 115 Å². The normalized spacial score (nSPS) is 17.6. The quantitative estimate of drug-likeness (QED) is 0.837. The zero-order valence-electron chi connectivity index (χ0n) is 11.9. The predicted octanol–water partition coefficient (Wildman–Crippen LogP) is 4.07. The summed E-state index contributed by atoms with van der Waals surface area (Å²) >= 11 is 0. The van der Waals surface area contributed by atoms with E-state index in [0.29, 0.717) is 17.2 Å². The molecular formula is C16H24FNO. The molecule has 1 aromatic carbocycles. The maximum Gasteiger partial charge on any atom is 0.131 e. The molecule has 0 spiro atoms. The molecule has 3 heteroatoms. The zero-order chi connectivity index (χ0) is 13.7. The summed E-state index contributed by atoms with van der Waals surface area (Å²) in [5, 5.41) is 3.25. The van der Waals surface area contributed by atoms with Crippen molar-refractivity contribution in [1.29, 1.82) is 0 Å². The summed E-state index contributed by atoms with van der Waals surface area (Å²) in [5.41, 5.74) is 0.655. The summed E-state index contributed by atoms with van der Waals surface area (Å²) in [5.74, 6) is 1.16. The molecule has 1 saturated carbocycles. The van der Waals surface area contributed by atoms with Crippen LogP contribution in [-0.4, -0.2) is 13.2 Å². The Morgan fingerprint density at radius 1 is 1.37 bits per heavy atom. The Morgan fingerprint density at radius 2 is 2.11 bits per heavy atom. The SMILES string of the molecule is CCNC(C)c1c(F)cccc1OCC1CCCC1. The van der Waals surface area contributed by atoms with E-state index in [2.05, 4.69) is 5.32 Å². The first-order valence-corrected chi connectivity index (χ1v) is 7.37. The van der Waals surface area contributed by atoms with Gasteiger partial charge in [-0.1, -0.05) is 25.8 Å². The molecule has 19 heavy (non-hydrogen) atoms. The van der Waals surface area contributed by atoms with E-state index in [1.807, 2.05) is 19.9 Å².